The van der Waals surface area contributed by atoms with E-state index in [0.29, 0.717) is 5.56 Å². The summed E-state index contributed by atoms with van der Waals surface area (Å²) >= 11 is 6.57. The fraction of sp³-hybridized carbons (Fsp3) is 0.364. The molecule has 1 rings (SSSR count). The van der Waals surface area contributed by atoms with Crippen LogP contribution in [-0.2, 0) is 0 Å². The highest BCUT2D eigenvalue weighted by Crippen LogP contribution is 2.23. The van der Waals surface area contributed by atoms with Gasteiger partial charge in [-0.3, -0.25) is 4.79 Å². The third-order valence-electron chi connectivity index (χ3n) is 2.08. The zero-order chi connectivity index (χ0) is 13.2. The number of aliphatic hydroxyl groups excluding tert-OH is 1. The summed E-state index contributed by atoms with van der Waals surface area (Å²) in [5.41, 5.74) is 0.0517. The predicted octanol–water partition coefficient (Wildman–Crippen LogP) is 3.00. The summed E-state index contributed by atoms with van der Waals surface area (Å²) in [6.45, 7) is 3.49. The number of rotatable bonds is 3. The molecule has 1 amide bonds. The minimum absolute atomic E-state index is 0.0870. The molecule has 0 heterocycles. The van der Waals surface area contributed by atoms with Gasteiger partial charge in [0.05, 0.1) is 17.7 Å². The minimum atomic E-state index is -0.604. The van der Waals surface area contributed by atoms with Gasteiger partial charge in [-0.05, 0) is 93.8 Å². The van der Waals surface area contributed by atoms with Crippen LogP contribution in [0, 0.1) is 10.7 Å². The molecule has 0 aliphatic heterocycles. The third kappa shape index (κ3) is 4.46. The molecule has 94 valence electrons. The lowest BCUT2D eigenvalue weighted by molar-refractivity contribution is 0.0868. The molecule has 0 atom stereocenters. The molecule has 0 aliphatic rings. The Morgan fingerprint density at radius 2 is 1.94 bits per heavy atom. The lowest BCUT2D eigenvalue weighted by atomic mass is 10.1. The van der Waals surface area contributed by atoms with Crippen LogP contribution in [0.25, 0.3) is 0 Å². The van der Waals surface area contributed by atoms with Crippen LogP contribution in [0.3, 0.4) is 0 Å². The molecule has 3 nitrogen and oxygen atoms in total. The van der Waals surface area contributed by atoms with E-state index in [1.165, 1.54) is 0 Å². The van der Waals surface area contributed by atoms with Gasteiger partial charge >= 0.3 is 0 Å². The normalized spacial score (nSPS) is 11.4. The zero-order valence-electron chi connectivity index (χ0n) is 9.35. The summed E-state index contributed by atoms with van der Waals surface area (Å²) in [6.07, 6.45) is 0. The highest BCUT2D eigenvalue weighted by molar-refractivity contribution is 14.1. The third-order valence-corrected chi connectivity index (χ3v) is 5.75. The molecule has 0 spiro atoms. The van der Waals surface area contributed by atoms with Gasteiger partial charge < -0.3 is 10.4 Å². The van der Waals surface area contributed by atoms with Crippen LogP contribution in [0.1, 0.15) is 24.2 Å². The Bertz CT molecular complexity index is 447. The van der Waals surface area contributed by atoms with Crippen molar-refractivity contribution in [3.63, 3.8) is 0 Å². The summed E-state index contributed by atoms with van der Waals surface area (Å²) in [6, 6.07) is 3.88. The number of carbonyl (C=O) groups excluding carboxylic acids is 1. The molecule has 0 unspecified atom stereocenters. The molecule has 0 bridgehead atoms. The first kappa shape index (κ1) is 15.9. The number of aliphatic hydroxyl groups is 1. The van der Waals surface area contributed by atoms with Crippen LogP contribution in [0.15, 0.2) is 12.1 Å². The van der Waals surface area contributed by atoms with E-state index >= 15 is 0 Å². The number of benzene rings is 1. The smallest absolute Gasteiger partial charge is 0.252 e. The minimum Gasteiger partial charge on any atom is -0.394 e. The van der Waals surface area contributed by atoms with E-state index in [1.54, 1.807) is 13.8 Å². The van der Waals surface area contributed by atoms with Crippen molar-refractivity contribution in [2.75, 3.05) is 6.61 Å². The quantitative estimate of drug-likeness (QED) is 0.434. The maximum atomic E-state index is 12.1. The number of halogens is 3. The molecule has 0 saturated heterocycles. The van der Waals surface area contributed by atoms with Gasteiger partial charge in [0.25, 0.3) is 5.91 Å². The topological polar surface area (TPSA) is 49.3 Å². The first-order valence-corrected chi connectivity index (χ1v) is 8.08. The number of hydrogen-bond acceptors (Lipinski definition) is 2. The van der Waals surface area contributed by atoms with E-state index in [9.17, 15) is 4.79 Å². The van der Waals surface area contributed by atoms with E-state index in [4.69, 9.17) is 5.11 Å². The average Bonchev–Trinajstić information content (AvgIpc) is 2.22. The van der Waals surface area contributed by atoms with Crippen LogP contribution < -0.4 is 5.32 Å². The molecule has 0 saturated carbocycles. The second kappa shape index (κ2) is 6.33. The van der Waals surface area contributed by atoms with Crippen molar-refractivity contribution < 1.29 is 9.90 Å². The summed E-state index contributed by atoms with van der Waals surface area (Å²) in [4.78, 5) is 12.1. The van der Waals surface area contributed by atoms with Gasteiger partial charge in [-0.25, -0.2) is 0 Å². The standard InChI is InChI=1S/C11H12I3NO2/c1-11(2,5-16)15-10(17)7-3-6(12)4-8(13)9(7)14/h3-4,16H,5H2,1-2H3,(H,15,17). The number of nitrogens with one attached hydrogen (secondary N) is 1. The molecule has 0 aromatic heterocycles. The molecular weight excluding hydrogens is 559 g/mol. The van der Waals surface area contributed by atoms with Crippen molar-refractivity contribution in [3.05, 3.63) is 28.4 Å². The summed E-state index contributed by atoms with van der Waals surface area (Å²) in [7, 11) is 0. The van der Waals surface area contributed by atoms with Crippen LogP contribution >= 0.6 is 67.8 Å². The van der Waals surface area contributed by atoms with E-state index in [-0.39, 0.29) is 12.5 Å². The highest BCUT2D eigenvalue weighted by Gasteiger charge is 2.22. The molecule has 2 N–H and O–H groups in total. The fourth-order valence-electron chi connectivity index (χ4n) is 1.14. The monoisotopic (exact) mass is 571 g/mol. The molecule has 0 fully saturated rings. The predicted molar refractivity (Wildman–Crippen MR) is 93.2 cm³/mol. The Morgan fingerprint density at radius 1 is 1.35 bits per heavy atom. The number of amides is 1. The Morgan fingerprint density at radius 3 is 2.47 bits per heavy atom. The molecule has 1 aromatic rings. The molecule has 0 radical (unpaired) electrons. The summed E-state index contributed by atoms with van der Waals surface area (Å²) < 4.78 is 3.02. The van der Waals surface area contributed by atoms with Crippen molar-refractivity contribution in [1.29, 1.82) is 0 Å². The van der Waals surface area contributed by atoms with E-state index in [2.05, 4.69) is 73.1 Å². The average molecular weight is 571 g/mol. The van der Waals surface area contributed by atoms with E-state index in [0.717, 1.165) is 10.7 Å². The van der Waals surface area contributed by atoms with E-state index < -0.39 is 5.54 Å². The van der Waals surface area contributed by atoms with Gasteiger partial charge in [0.1, 0.15) is 0 Å². The number of hydrogen-bond donors (Lipinski definition) is 2. The maximum Gasteiger partial charge on any atom is 0.252 e. The molecular formula is C11H12I3NO2. The van der Waals surface area contributed by atoms with Crippen molar-refractivity contribution in [2.24, 2.45) is 0 Å². The summed E-state index contributed by atoms with van der Waals surface area (Å²) in [5, 5.41) is 12.0. The first-order chi connectivity index (χ1) is 7.76. The second-order valence-corrected chi connectivity index (χ2v) is 7.73. The zero-order valence-corrected chi connectivity index (χ0v) is 15.8. The van der Waals surface area contributed by atoms with Gasteiger partial charge in [-0.2, -0.15) is 0 Å². The van der Waals surface area contributed by atoms with Crippen molar-refractivity contribution >= 4 is 73.7 Å². The Hall–Kier alpha value is 0.840. The molecule has 6 heteroatoms. The van der Waals surface area contributed by atoms with Gasteiger partial charge in [0.15, 0.2) is 0 Å². The SMILES string of the molecule is CC(C)(CO)NC(=O)c1cc(I)cc(I)c1I. The van der Waals surface area contributed by atoms with E-state index in [1.807, 2.05) is 12.1 Å². The fourth-order valence-corrected chi connectivity index (χ4v) is 3.54. The van der Waals surface area contributed by atoms with Crippen LogP contribution in [0.4, 0.5) is 0 Å². The van der Waals surface area contributed by atoms with Gasteiger partial charge in [-0.1, -0.05) is 0 Å². The van der Waals surface area contributed by atoms with Gasteiger partial charge in [-0.15, -0.1) is 0 Å². The summed E-state index contributed by atoms with van der Waals surface area (Å²) in [5.74, 6) is -0.148. The van der Waals surface area contributed by atoms with Crippen molar-refractivity contribution in [1.82, 2.24) is 5.32 Å². The second-order valence-electron chi connectivity index (χ2n) is 4.25. The largest absolute Gasteiger partial charge is 0.394 e. The van der Waals surface area contributed by atoms with Crippen LogP contribution in [0.5, 0.6) is 0 Å². The highest BCUT2D eigenvalue weighted by atomic mass is 127. The molecule has 0 aliphatic carbocycles. The molecule has 17 heavy (non-hydrogen) atoms. The Balaban J connectivity index is 3.05. The Labute approximate surface area is 142 Å². The lowest BCUT2D eigenvalue weighted by Crippen LogP contribution is -2.46. The maximum absolute atomic E-state index is 12.1. The van der Waals surface area contributed by atoms with Gasteiger partial charge in [0, 0.05) is 10.7 Å². The lowest BCUT2D eigenvalue weighted by Gasteiger charge is -2.24. The van der Waals surface area contributed by atoms with Crippen LogP contribution in [-0.4, -0.2) is 23.2 Å². The van der Waals surface area contributed by atoms with Crippen LogP contribution in [0.2, 0.25) is 0 Å². The number of carbonyl (C=O) groups is 1. The van der Waals surface area contributed by atoms with Crippen molar-refractivity contribution in [3.8, 4) is 0 Å². The van der Waals surface area contributed by atoms with Gasteiger partial charge in [0.2, 0.25) is 0 Å². The molecule has 1 aromatic carbocycles. The van der Waals surface area contributed by atoms with Crippen molar-refractivity contribution in [2.45, 2.75) is 19.4 Å². The Kier molecular flexibility index (Phi) is 5.92. The first-order valence-electron chi connectivity index (χ1n) is 4.85.